The molecule has 1 fully saturated rings. The van der Waals surface area contributed by atoms with Crippen molar-refractivity contribution in [3.05, 3.63) is 11.3 Å². The number of hydrogen-bond acceptors (Lipinski definition) is 5. The molecule has 2 aliphatic rings. The Kier molecular flexibility index (Phi) is 3.32. The van der Waals surface area contributed by atoms with Crippen LogP contribution in [0.25, 0.3) is 0 Å². The first-order chi connectivity index (χ1) is 9.44. The number of likely N-dealkylation sites (N-methyl/N-ethyl adjacent to an activating group) is 1. The quantitative estimate of drug-likeness (QED) is 0.838. The number of piperazine rings is 1. The first-order valence-corrected chi connectivity index (χ1v) is 7.53. The molecule has 1 saturated heterocycles. The zero-order valence-electron chi connectivity index (χ0n) is 12.8. The van der Waals surface area contributed by atoms with E-state index in [2.05, 4.69) is 40.7 Å². The van der Waals surface area contributed by atoms with E-state index < -0.39 is 0 Å². The summed E-state index contributed by atoms with van der Waals surface area (Å²) in [7, 11) is 2.17. The lowest BCUT2D eigenvalue weighted by Crippen LogP contribution is -2.45. The highest BCUT2D eigenvalue weighted by molar-refractivity contribution is 5.53. The van der Waals surface area contributed by atoms with E-state index >= 15 is 0 Å². The van der Waals surface area contributed by atoms with Crippen molar-refractivity contribution in [1.82, 2.24) is 14.9 Å². The SMILES string of the molecule is CN1CCN(c2nc(N)nc3c2CCC(C)(C)C3)CC1. The van der Waals surface area contributed by atoms with Gasteiger partial charge in [-0.1, -0.05) is 13.8 Å². The van der Waals surface area contributed by atoms with Gasteiger partial charge in [0.25, 0.3) is 0 Å². The molecule has 5 nitrogen and oxygen atoms in total. The molecule has 1 aliphatic heterocycles. The molecular formula is C15H25N5. The highest BCUT2D eigenvalue weighted by Gasteiger charge is 2.30. The number of nitrogens with zero attached hydrogens (tertiary/aromatic N) is 4. The largest absolute Gasteiger partial charge is 0.368 e. The normalized spacial score (nSPS) is 22.6. The van der Waals surface area contributed by atoms with Crippen LogP contribution in [-0.4, -0.2) is 48.1 Å². The second kappa shape index (κ2) is 4.88. The Morgan fingerprint density at radius 2 is 1.80 bits per heavy atom. The van der Waals surface area contributed by atoms with E-state index in [4.69, 9.17) is 5.73 Å². The molecule has 0 atom stereocenters. The number of anilines is 2. The van der Waals surface area contributed by atoms with Gasteiger partial charge in [0.1, 0.15) is 5.82 Å². The summed E-state index contributed by atoms with van der Waals surface area (Å²) in [6, 6.07) is 0. The van der Waals surface area contributed by atoms with Crippen LogP contribution in [0.2, 0.25) is 0 Å². The van der Waals surface area contributed by atoms with Crippen LogP contribution in [0.15, 0.2) is 0 Å². The molecule has 1 aromatic heterocycles. The van der Waals surface area contributed by atoms with Gasteiger partial charge in [-0.25, -0.2) is 4.98 Å². The highest BCUT2D eigenvalue weighted by atomic mass is 15.3. The lowest BCUT2D eigenvalue weighted by atomic mass is 9.76. The molecule has 2 heterocycles. The van der Waals surface area contributed by atoms with Crippen LogP contribution in [-0.2, 0) is 12.8 Å². The average Bonchev–Trinajstić information content (AvgIpc) is 2.37. The van der Waals surface area contributed by atoms with Crippen molar-refractivity contribution in [3.8, 4) is 0 Å². The average molecular weight is 275 g/mol. The highest BCUT2D eigenvalue weighted by Crippen LogP contribution is 2.37. The first-order valence-electron chi connectivity index (χ1n) is 7.53. The minimum Gasteiger partial charge on any atom is -0.368 e. The summed E-state index contributed by atoms with van der Waals surface area (Å²) in [5, 5.41) is 0. The van der Waals surface area contributed by atoms with E-state index in [1.165, 1.54) is 17.7 Å². The predicted octanol–water partition coefficient (Wildman–Crippen LogP) is 1.33. The van der Waals surface area contributed by atoms with Crippen LogP contribution >= 0.6 is 0 Å². The maximum Gasteiger partial charge on any atom is 0.222 e. The van der Waals surface area contributed by atoms with Gasteiger partial charge >= 0.3 is 0 Å². The van der Waals surface area contributed by atoms with Crippen molar-refractivity contribution in [3.63, 3.8) is 0 Å². The lowest BCUT2D eigenvalue weighted by Gasteiger charge is -2.37. The van der Waals surface area contributed by atoms with Gasteiger partial charge in [0, 0.05) is 31.7 Å². The van der Waals surface area contributed by atoms with E-state index in [9.17, 15) is 0 Å². The van der Waals surface area contributed by atoms with Gasteiger partial charge in [-0.2, -0.15) is 4.98 Å². The number of fused-ring (bicyclic) bond motifs is 1. The van der Waals surface area contributed by atoms with Gasteiger partial charge in [-0.3, -0.25) is 0 Å². The van der Waals surface area contributed by atoms with Gasteiger partial charge in [-0.05, 0) is 31.7 Å². The standard InChI is InChI=1S/C15H25N5/c1-15(2)5-4-11-12(10-15)17-14(16)18-13(11)20-8-6-19(3)7-9-20/h4-10H2,1-3H3,(H2,16,17,18). The second-order valence-corrected chi connectivity index (χ2v) is 6.96. The van der Waals surface area contributed by atoms with E-state index in [0.29, 0.717) is 11.4 Å². The maximum atomic E-state index is 5.95. The predicted molar refractivity (Wildman–Crippen MR) is 82.0 cm³/mol. The van der Waals surface area contributed by atoms with Crippen LogP contribution < -0.4 is 10.6 Å². The summed E-state index contributed by atoms with van der Waals surface area (Å²) in [6.07, 6.45) is 3.29. The van der Waals surface area contributed by atoms with Crippen LogP contribution in [0.3, 0.4) is 0 Å². The molecule has 0 bridgehead atoms. The molecule has 2 N–H and O–H groups in total. The third-order valence-corrected chi connectivity index (χ3v) is 4.59. The molecule has 0 saturated carbocycles. The molecule has 20 heavy (non-hydrogen) atoms. The van der Waals surface area contributed by atoms with Crippen LogP contribution in [0, 0.1) is 5.41 Å². The Bertz CT molecular complexity index is 503. The van der Waals surface area contributed by atoms with Gasteiger partial charge in [0.2, 0.25) is 5.95 Å². The van der Waals surface area contributed by atoms with Crippen molar-refractivity contribution >= 4 is 11.8 Å². The Balaban J connectivity index is 1.94. The number of nitrogens with two attached hydrogens (primary N) is 1. The molecule has 0 aromatic carbocycles. The van der Waals surface area contributed by atoms with Crippen LogP contribution in [0.5, 0.6) is 0 Å². The van der Waals surface area contributed by atoms with Crippen LogP contribution in [0.4, 0.5) is 11.8 Å². The van der Waals surface area contributed by atoms with Crippen LogP contribution in [0.1, 0.15) is 31.5 Å². The number of nitrogen functional groups attached to an aromatic ring is 1. The summed E-state index contributed by atoms with van der Waals surface area (Å²) in [6.45, 7) is 8.85. The summed E-state index contributed by atoms with van der Waals surface area (Å²) in [5.74, 6) is 1.52. The number of aromatic nitrogens is 2. The topological polar surface area (TPSA) is 58.3 Å². The fourth-order valence-corrected chi connectivity index (χ4v) is 3.22. The minimum absolute atomic E-state index is 0.327. The molecule has 0 amide bonds. The molecule has 3 rings (SSSR count). The van der Waals surface area contributed by atoms with E-state index in [-0.39, 0.29) is 0 Å². The Morgan fingerprint density at radius 1 is 1.10 bits per heavy atom. The molecule has 1 aliphatic carbocycles. The molecule has 5 heteroatoms. The summed E-state index contributed by atoms with van der Waals surface area (Å²) in [5.41, 5.74) is 8.78. The molecule has 0 spiro atoms. The molecular weight excluding hydrogens is 250 g/mol. The molecule has 0 unspecified atom stereocenters. The van der Waals surface area contributed by atoms with Crippen molar-refractivity contribution in [2.75, 3.05) is 43.9 Å². The third kappa shape index (κ3) is 2.59. The number of rotatable bonds is 1. The zero-order chi connectivity index (χ0) is 14.3. The van der Waals surface area contributed by atoms with E-state index in [1.54, 1.807) is 0 Å². The van der Waals surface area contributed by atoms with Crippen molar-refractivity contribution in [2.45, 2.75) is 33.1 Å². The third-order valence-electron chi connectivity index (χ3n) is 4.59. The fraction of sp³-hybridized carbons (Fsp3) is 0.733. The zero-order valence-corrected chi connectivity index (χ0v) is 12.8. The summed E-state index contributed by atoms with van der Waals surface area (Å²) >= 11 is 0. The van der Waals surface area contributed by atoms with Gasteiger partial charge < -0.3 is 15.5 Å². The van der Waals surface area contributed by atoms with Crippen molar-refractivity contribution < 1.29 is 0 Å². The molecule has 1 aromatic rings. The Morgan fingerprint density at radius 3 is 2.50 bits per heavy atom. The number of hydrogen-bond donors (Lipinski definition) is 1. The van der Waals surface area contributed by atoms with Crippen molar-refractivity contribution in [2.24, 2.45) is 5.41 Å². The van der Waals surface area contributed by atoms with Gasteiger partial charge in [-0.15, -0.1) is 0 Å². The second-order valence-electron chi connectivity index (χ2n) is 6.96. The monoisotopic (exact) mass is 275 g/mol. The smallest absolute Gasteiger partial charge is 0.222 e. The Hall–Kier alpha value is -1.36. The Labute approximate surface area is 121 Å². The summed E-state index contributed by atoms with van der Waals surface area (Å²) in [4.78, 5) is 13.8. The first kappa shape index (κ1) is 13.6. The van der Waals surface area contributed by atoms with Gasteiger partial charge in [0.15, 0.2) is 0 Å². The van der Waals surface area contributed by atoms with Gasteiger partial charge in [0.05, 0.1) is 5.69 Å². The molecule has 110 valence electrons. The maximum absolute atomic E-state index is 5.95. The fourth-order valence-electron chi connectivity index (χ4n) is 3.22. The van der Waals surface area contributed by atoms with E-state index in [1.807, 2.05) is 0 Å². The van der Waals surface area contributed by atoms with E-state index in [0.717, 1.165) is 44.8 Å². The van der Waals surface area contributed by atoms with Crippen molar-refractivity contribution in [1.29, 1.82) is 0 Å². The minimum atomic E-state index is 0.327. The molecule has 0 radical (unpaired) electrons. The summed E-state index contributed by atoms with van der Waals surface area (Å²) < 4.78 is 0. The lowest BCUT2D eigenvalue weighted by molar-refractivity contribution is 0.304.